The molecule has 0 aliphatic carbocycles. The molecule has 8 heteroatoms. The maximum absolute atomic E-state index is 5.10. The Morgan fingerprint density at radius 2 is 0.583 bits per heavy atom. The molecule has 4 aliphatic rings. The van der Waals surface area contributed by atoms with E-state index in [2.05, 4.69) is 0 Å². The van der Waals surface area contributed by atoms with Gasteiger partial charge < -0.3 is 17.7 Å². The zero-order valence-electron chi connectivity index (χ0n) is 14.9. The van der Waals surface area contributed by atoms with Crippen molar-refractivity contribution in [2.45, 2.75) is 75.5 Å². The van der Waals surface area contributed by atoms with Gasteiger partial charge in [0.15, 0.2) is 0 Å². The summed E-state index contributed by atoms with van der Waals surface area (Å²) < 4.78 is 20.4. The van der Waals surface area contributed by atoms with Crippen LogP contribution in [0.15, 0.2) is 0 Å². The minimum Gasteiger partial charge on any atom is -0.417 e. The van der Waals surface area contributed by atoms with E-state index < -0.39 is 0 Å². The molecule has 0 aromatic heterocycles. The average molecular weight is 401 g/mol. The molecule has 4 aliphatic heterocycles. The Balaban J connectivity index is 0.000000160. The molecule has 4 heterocycles. The Morgan fingerprint density at radius 1 is 0.333 bits per heavy atom. The zero-order chi connectivity index (χ0) is 17.0. The first-order valence-corrected chi connectivity index (χ1v) is 13.8. The van der Waals surface area contributed by atoms with Gasteiger partial charge in [0, 0.05) is 26.4 Å². The van der Waals surface area contributed by atoms with E-state index in [-0.39, 0.29) is 0 Å². The van der Waals surface area contributed by atoms with E-state index in [1.165, 1.54) is 75.5 Å². The number of hydrogen-bond donors (Lipinski definition) is 0. The van der Waals surface area contributed by atoms with Gasteiger partial charge in [0.1, 0.15) is 0 Å². The van der Waals surface area contributed by atoms with Crippen molar-refractivity contribution >= 4 is 39.1 Å². The molecule has 0 atom stereocenters. The molecule has 0 N–H and O–H groups in total. The summed E-state index contributed by atoms with van der Waals surface area (Å²) in [6.07, 6.45) is 10.7. The number of rotatable bonds is 0. The smallest absolute Gasteiger partial charge is 0.229 e. The summed E-state index contributed by atoms with van der Waals surface area (Å²) in [6, 6.07) is 5.22. The number of hydrogen-bond acceptors (Lipinski definition) is 4. The highest BCUT2D eigenvalue weighted by Gasteiger charge is 1.99. The Hall–Kier alpha value is 0.708. The molecule has 0 aromatic carbocycles. The quantitative estimate of drug-likeness (QED) is 0.584. The van der Waals surface area contributed by atoms with E-state index in [0.717, 1.165) is 65.5 Å². The van der Waals surface area contributed by atoms with E-state index in [1.54, 1.807) is 0 Å². The zero-order valence-corrected chi connectivity index (χ0v) is 18.9. The van der Waals surface area contributed by atoms with Crippen LogP contribution in [0.1, 0.15) is 51.4 Å². The van der Waals surface area contributed by atoms with Crippen molar-refractivity contribution in [1.82, 2.24) is 0 Å². The van der Waals surface area contributed by atoms with Gasteiger partial charge >= 0.3 is 0 Å². The van der Waals surface area contributed by atoms with Gasteiger partial charge in [-0.3, -0.25) is 0 Å². The molecule has 4 rings (SSSR count). The van der Waals surface area contributed by atoms with Gasteiger partial charge in [-0.1, -0.05) is 25.7 Å². The van der Waals surface area contributed by atoms with Gasteiger partial charge in [-0.15, -0.1) is 0 Å². The van der Waals surface area contributed by atoms with Gasteiger partial charge in [0.2, 0.25) is 39.1 Å². The van der Waals surface area contributed by atoms with Gasteiger partial charge in [-0.05, 0) is 49.9 Å². The average Bonchev–Trinajstić information content (AvgIpc) is 2.75. The fourth-order valence-electron chi connectivity index (χ4n) is 2.06. The Kier molecular flexibility index (Phi) is 19.0. The van der Waals surface area contributed by atoms with Crippen LogP contribution in [0.25, 0.3) is 0 Å². The molecule has 4 saturated heterocycles. The van der Waals surface area contributed by atoms with E-state index in [0.29, 0.717) is 0 Å². The molecular formula is C16H32O4Si4. The first kappa shape index (κ1) is 22.7. The summed E-state index contributed by atoms with van der Waals surface area (Å²) >= 11 is 0. The van der Waals surface area contributed by atoms with Crippen LogP contribution < -0.4 is 0 Å². The standard InChI is InChI=1S/4C4H8OSi/c4*1-2-4-6-5-3-1/h4*1-4H2. The Morgan fingerprint density at radius 3 is 0.625 bits per heavy atom. The summed E-state index contributed by atoms with van der Waals surface area (Å²) in [7, 11) is 3.21. The molecule has 0 saturated carbocycles. The molecule has 136 valence electrons. The fraction of sp³-hybridized carbons (Fsp3) is 1.00. The predicted molar refractivity (Wildman–Crippen MR) is 103 cm³/mol. The summed E-state index contributed by atoms with van der Waals surface area (Å²) in [4.78, 5) is 0. The SMILES string of the molecule is C1CC[Si]OC1.C1CC[Si]OC1.C1CC[Si]OC1.C1CC[Si]OC1. The molecule has 4 fully saturated rings. The molecule has 0 bridgehead atoms. The van der Waals surface area contributed by atoms with Crippen molar-refractivity contribution in [3.63, 3.8) is 0 Å². The molecular weight excluding hydrogens is 369 g/mol. The first-order chi connectivity index (χ1) is 12.0. The third kappa shape index (κ3) is 17.5. The molecule has 0 unspecified atom stereocenters. The Labute approximate surface area is 158 Å². The summed E-state index contributed by atoms with van der Waals surface area (Å²) in [5, 5.41) is 0. The van der Waals surface area contributed by atoms with Crippen molar-refractivity contribution in [2.75, 3.05) is 26.4 Å². The molecule has 0 aromatic rings. The van der Waals surface area contributed by atoms with Gasteiger partial charge in [-0.2, -0.15) is 0 Å². The molecule has 0 amide bonds. The molecule has 4 nitrogen and oxygen atoms in total. The third-order valence-electron chi connectivity index (χ3n) is 3.51. The summed E-state index contributed by atoms with van der Waals surface area (Å²) in [6.45, 7) is 4.05. The first-order valence-electron chi connectivity index (χ1n) is 9.39. The van der Waals surface area contributed by atoms with Crippen LogP contribution in [0.5, 0.6) is 0 Å². The highest BCUT2D eigenvalue weighted by molar-refractivity contribution is 6.27. The van der Waals surface area contributed by atoms with E-state index in [4.69, 9.17) is 17.7 Å². The van der Waals surface area contributed by atoms with Crippen molar-refractivity contribution < 1.29 is 17.7 Å². The largest absolute Gasteiger partial charge is 0.417 e. The molecule has 24 heavy (non-hydrogen) atoms. The van der Waals surface area contributed by atoms with Crippen molar-refractivity contribution in [2.24, 2.45) is 0 Å². The molecule has 0 spiro atoms. The van der Waals surface area contributed by atoms with Crippen molar-refractivity contribution in [1.29, 1.82) is 0 Å². The van der Waals surface area contributed by atoms with Crippen LogP contribution in [-0.4, -0.2) is 65.5 Å². The fourth-order valence-corrected chi connectivity index (χ4v) is 5.37. The normalized spacial score (nSPS) is 24.0. The van der Waals surface area contributed by atoms with Crippen LogP contribution in [0, 0.1) is 0 Å². The molecule has 8 radical (unpaired) electrons. The van der Waals surface area contributed by atoms with E-state index >= 15 is 0 Å². The van der Waals surface area contributed by atoms with Crippen LogP contribution in [0.3, 0.4) is 0 Å². The van der Waals surface area contributed by atoms with Gasteiger partial charge in [0.05, 0.1) is 0 Å². The van der Waals surface area contributed by atoms with Crippen LogP contribution in [-0.2, 0) is 17.7 Å². The van der Waals surface area contributed by atoms with Gasteiger partial charge in [-0.25, -0.2) is 0 Å². The highest BCUT2D eigenvalue weighted by atomic mass is 28.2. The third-order valence-corrected chi connectivity index (χ3v) is 7.37. The monoisotopic (exact) mass is 400 g/mol. The highest BCUT2D eigenvalue weighted by Crippen LogP contribution is 2.03. The minimum absolute atomic E-state index is 0.802. The summed E-state index contributed by atoms with van der Waals surface area (Å²) in [5.74, 6) is 0. The van der Waals surface area contributed by atoms with E-state index in [9.17, 15) is 0 Å². The second-order valence-corrected chi connectivity index (χ2v) is 10.1. The van der Waals surface area contributed by atoms with Gasteiger partial charge in [0.25, 0.3) is 0 Å². The lowest BCUT2D eigenvalue weighted by Gasteiger charge is -2.06. The maximum Gasteiger partial charge on any atom is 0.229 e. The lowest BCUT2D eigenvalue weighted by Crippen LogP contribution is -2.06. The predicted octanol–water partition coefficient (Wildman–Crippen LogP) is 3.34. The van der Waals surface area contributed by atoms with E-state index in [1.807, 2.05) is 0 Å². The lowest BCUT2D eigenvalue weighted by molar-refractivity contribution is 0.304. The second-order valence-electron chi connectivity index (χ2n) is 5.80. The summed E-state index contributed by atoms with van der Waals surface area (Å²) in [5.41, 5.74) is 0. The van der Waals surface area contributed by atoms with Crippen LogP contribution >= 0.6 is 0 Å². The second kappa shape index (κ2) is 20.0. The van der Waals surface area contributed by atoms with Crippen LogP contribution in [0.2, 0.25) is 24.2 Å². The topological polar surface area (TPSA) is 36.9 Å². The maximum atomic E-state index is 5.10. The van der Waals surface area contributed by atoms with Crippen molar-refractivity contribution in [3.8, 4) is 0 Å². The van der Waals surface area contributed by atoms with Crippen molar-refractivity contribution in [3.05, 3.63) is 0 Å². The van der Waals surface area contributed by atoms with Crippen LogP contribution in [0.4, 0.5) is 0 Å². The lowest BCUT2D eigenvalue weighted by atomic mass is 10.4. The Bertz CT molecular complexity index is 140. The minimum atomic E-state index is 0.802.